The number of benzene rings is 1. The molecule has 1 amide bonds. The standard InChI is InChI=1S/C17H16ClN3O/c18-12-3-1-11(2-4-12)7-17(22)21-13-5-6-16(21)14-9-19-10-20-15(14)8-13/h1-4,9-10,13,16H,5-8H2. The number of fused-ring (bicyclic) bond motifs is 4. The first-order chi connectivity index (χ1) is 10.7. The van der Waals surface area contributed by atoms with E-state index in [1.165, 1.54) is 0 Å². The largest absolute Gasteiger partial charge is 0.332 e. The van der Waals surface area contributed by atoms with Crippen molar-refractivity contribution in [2.45, 2.75) is 37.8 Å². The molecule has 2 aliphatic rings. The topological polar surface area (TPSA) is 46.1 Å². The molecule has 2 bridgehead atoms. The second-order valence-electron chi connectivity index (χ2n) is 5.98. The summed E-state index contributed by atoms with van der Waals surface area (Å²) in [5.74, 6) is 0.185. The van der Waals surface area contributed by atoms with Gasteiger partial charge in [-0.1, -0.05) is 23.7 Å². The molecule has 2 unspecified atom stereocenters. The Morgan fingerprint density at radius 2 is 2.09 bits per heavy atom. The lowest BCUT2D eigenvalue weighted by molar-refractivity contribution is -0.134. The fourth-order valence-electron chi connectivity index (χ4n) is 3.67. The monoisotopic (exact) mass is 313 g/mol. The van der Waals surface area contributed by atoms with Crippen LogP contribution in [0.25, 0.3) is 0 Å². The molecule has 112 valence electrons. The predicted octanol–water partition coefficient (Wildman–Crippen LogP) is 2.96. The fourth-order valence-corrected chi connectivity index (χ4v) is 3.80. The summed E-state index contributed by atoms with van der Waals surface area (Å²) in [6.07, 6.45) is 6.80. The van der Waals surface area contributed by atoms with Crippen molar-refractivity contribution < 1.29 is 4.79 Å². The van der Waals surface area contributed by atoms with Gasteiger partial charge in [0.15, 0.2) is 0 Å². The normalized spacial score (nSPS) is 22.5. The van der Waals surface area contributed by atoms with Crippen LogP contribution in [0.15, 0.2) is 36.8 Å². The van der Waals surface area contributed by atoms with Gasteiger partial charge < -0.3 is 4.90 Å². The zero-order chi connectivity index (χ0) is 15.1. The summed E-state index contributed by atoms with van der Waals surface area (Å²) < 4.78 is 0. The van der Waals surface area contributed by atoms with E-state index < -0.39 is 0 Å². The number of carbonyl (C=O) groups is 1. The van der Waals surface area contributed by atoms with Crippen LogP contribution in [0, 0.1) is 0 Å². The molecule has 2 aliphatic heterocycles. The lowest BCUT2D eigenvalue weighted by atomic mass is 9.98. The molecule has 1 aromatic heterocycles. The number of halogens is 1. The highest BCUT2D eigenvalue weighted by atomic mass is 35.5. The van der Waals surface area contributed by atoms with E-state index in [1.54, 1.807) is 6.33 Å². The van der Waals surface area contributed by atoms with Gasteiger partial charge in [-0.15, -0.1) is 0 Å². The third kappa shape index (κ3) is 2.28. The Balaban J connectivity index is 1.58. The molecule has 22 heavy (non-hydrogen) atoms. The van der Waals surface area contributed by atoms with Crippen LogP contribution in [0.3, 0.4) is 0 Å². The third-order valence-electron chi connectivity index (χ3n) is 4.67. The van der Waals surface area contributed by atoms with Gasteiger partial charge in [-0.05, 0) is 30.5 Å². The van der Waals surface area contributed by atoms with Crippen molar-refractivity contribution in [3.63, 3.8) is 0 Å². The molecule has 0 aliphatic carbocycles. The summed E-state index contributed by atoms with van der Waals surface area (Å²) in [4.78, 5) is 23.4. The second-order valence-corrected chi connectivity index (χ2v) is 6.42. The Bertz CT molecular complexity index is 716. The molecule has 0 N–H and O–H groups in total. The molecule has 1 fully saturated rings. The molecule has 1 saturated heterocycles. The molecule has 0 spiro atoms. The van der Waals surface area contributed by atoms with Gasteiger partial charge in [0.1, 0.15) is 6.33 Å². The minimum Gasteiger partial charge on any atom is -0.332 e. The van der Waals surface area contributed by atoms with Crippen molar-refractivity contribution >= 4 is 17.5 Å². The van der Waals surface area contributed by atoms with Gasteiger partial charge in [0.05, 0.1) is 18.2 Å². The molecular weight excluding hydrogens is 298 g/mol. The highest BCUT2D eigenvalue weighted by molar-refractivity contribution is 6.30. The van der Waals surface area contributed by atoms with Crippen molar-refractivity contribution in [2.75, 3.05) is 0 Å². The molecule has 2 atom stereocenters. The van der Waals surface area contributed by atoms with E-state index >= 15 is 0 Å². The molecule has 5 heteroatoms. The van der Waals surface area contributed by atoms with Gasteiger partial charge >= 0.3 is 0 Å². The van der Waals surface area contributed by atoms with Crippen LogP contribution < -0.4 is 0 Å². The van der Waals surface area contributed by atoms with Crippen molar-refractivity contribution in [1.82, 2.24) is 14.9 Å². The Kier molecular flexibility index (Phi) is 3.34. The quantitative estimate of drug-likeness (QED) is 0.856. The number of amides is 1. The molecule has 4 nitrogen and oxygen atoms in total. The fraction of sp³-hybridized carbons (Fsp3) is 0.353. The number of carbonyl (C=O) groups excluding carboxylic acids is 1. The van der Waals surface area contributed by atoms with Crippen LogP contribution in [0.4, 0.5) is 0 Å². The zero-order valence-electron chi connectivity index (χ0n) is 12.1. The average Bonchev–Trinajstić information content (AvgIpc) is 2.85. The Morgan fingerprint density at radius 1 is 1.27 bits per heavy atom. The van der Waals surface area contributed by atoms with Gasteiger partial charge in [-0.3, -0.25) is 4.79 Å². The summed E-state index contributed by atoms with van der Waals surface area (Å²) in [5, 5.41) is 0.695. The number of hydrogen-bond donors (Lipinski definition) is 0. The first-order valence-electron chi connectivity index (χ1n) is 7.57. The van der Waals surface area contributed by atoms with E-state index in [4.69, 9.17) is 11.6 Å². The summed E-state index contributed by atoms with van der Waals surface area (Å²) in [7, 11) is 0. The third-order valence-corrected chi connectivity index (χ3v) is 4.93. The summed E-state index contributed by atoms with van der Waals surface area (Å²) >= 11 is 5.90. The van der Waals surface area contributed by atoms with E-state index in [0.29, 0.717) is 11.4 Å². The van der Waals surface area contributed by atoms with Gasteiger partial charge in [0.25, 0.3) is 0 Å². The first kappa shape index (κ1) is 13.7. The van der Waals surface area contributed by atoms with E-state index in [2.05, 4.69) is 14.9 Å². The van der Waals surface area contributed by atoms with E-state index in [-0.39, 0.29) is 18.0 Å². The molecular formula is C17H16ClN3O. The van der Waals surface area contributed by atoms with E-state index in [0.717, 1.165) is 36.1 Å². The maximum absolute atomic E-state index is 12.8. The van der Waals surface area contributed by atoms with Crippen molar-refractivity contribution in [3.05, 3.63) is 58.6 Å². The Hall–Kier alpha value is -1.94. The minimum atomic E-state index is 0.148. The maximum atomic E-state index is 12.8. The van der Waals surface area contributed by atoms with Crippen molar-refractivity contribution in [2.24, 2.45) is 0 Å². The molecule has 3 heterocycles. The summed E-state index contributed by atoms with van der Waals surface area (Å²) in [6, 6.07) is 7.93. The predicted molar refractivity (Wildman–Crippen MR) is 83.5 cm³/mol. The second kappa shape index (κ2) is 5.36. The van der Waals surface area contributed by atoms with Crippen molar-refractivity contribution in [1.29, 1.82) is 0 Å². The van der Waals surface area contributed by atoms with E-state index in [9.17, 15) is 4.79 Å². The van der Waals surface area contributed by atoms with Gasteiger partial charge in [-0.2, -0.15) is 0 Å². The summed E-state index contributed by atoms with van der Waals surface area (Å²) in [5.41, 5.74) is 3.24. The lowest BCUT2D eigenvalue weighted by Gasteiger charge is -2.35. The van der Waals surface area contributed by atoms with Crippen LogP contribution in [-0.2, 0) is 17.6 Å². The minimum absolute atomic E-state index is 0.148. The average molecular weight is 314 g/mol. The van der Waals surface area contributed by atoms with Crippen molar-refractivity contribution in [3.8, 4) is 0 Å². The number of hydrogen-bond acceptors (Lipinski definition) is 3. The van der Waals surface area contributed by atoms with Gasteiger partial charge in [0, 0.05) is 29.2 Å². The van der Waals surface area contributed by atoms with Crippen LogP contribution in [0.5, 0.6) is 0 Å². The zero-order valence-corrected chi connectivity index (χ0v) is 12.8. The Labute approximate surface area is 134 Å². The maximum Gasteiger partial charge on any atom is 0.227 e. The van der Waals surface area contributed by atoms with Crippen LogP contribution >= 0.6 is 11.6 Å². The van der Waals surface area contributed by atoms with Gasteiger partial charge in [0.2, 0.25) is 5.91 Å². The lowest BCUT2D eigenvalue weighted by Crippen LogP contribution is -2.43. The highest BCUT2D eigenvalue weighted by Gasteiger charge is 2.42. The molecule has 1 aromatic carbocycles. The van der Waals surface area contributed by atoms with Crippen LogP contribution in [-0.4, -0.2) is 26.8 Å². The van der Waals surface area contributed by atoms with Crippen LogP contribution in [0.1, 0.15) is 35.7 Å². The molecule has 0 saturated carbocycles. The molecule has 4 rings (SSSR count). The Morgan fingerprint density at radius 3 is 2.91 bits per heavy atom. The number of rotatable bonds is 2. The smallest absolute Gasteiger partial charge is 0.227 e. The number of aromatic nitrogens is 2. The molecule has 2 aromatic rings. The SMILES string of the molecule is O=C(Cc1ccc(Cl)cc1)N1C2CCC1c1cncnc1C2. The summed E-state index contributed by atoms with van der Waals surface area (Å²) in [6.45, 7) is 0. The number of nitrogens with zero attached hydrogens (tertiary/aromatic N) is 3. The van der Waals surface area contributed by atoms with Crippen LogP contribution in [0.2, 0.25) is 5.02 Å². The highest BCUT2D eigenvalue weighted by Crippen LogP contribution is 2.42. The van der Waals surface area contributed by atoms with E-state index in [1.807, 2.05) is 30.5 Å². The molecule has 0 radical (unpaired) electrons. The first-order valence-corrected chi connectivity index (χ1v) is 7.94. The van der Waals surface area contributed by atoms with Gasteiger partial charge in [-0.25, -0.2) is 9.97 Å².